The van der Waals surface area contributed by atoms with Crippen LogP contribution in [0.3, 0.4) is 0 Å². The summed E-state index contributed by atoms with van der Waals surface area (Å²) in [6.45, 7) is 6.71. The molecule has 0 aliphatic carbocycles. The van der Waals surface area contributed by atoms with Crippen molar-refractivity contribution in [3.8, 4) is 0 Å². The van der Waals surface area contributed by atoms with Crippen LogP contribution < -0.4 is 10.6 Å². The zero-order valence-electron chi connectivity index (χ0n) is 11.8. The van der Waals surface area contributed by atoms with Crippen molar-refractivity contribution in [1.29, 1.82) is 0 Å². The fourth-order valence-corrected chi connectivity index (χ4v) is 1.73. The van der Waals surface area contributed by atoms with Crippen LogP contribution in [-0.2, 0) is 0 Å². The first-order valence-corrected chi connectivity index (χ1v) is 6.54. The normalized spacial score (nSPS) is 10.6. The predicted molar refractivity (Wildman–Crippen MR) is 76.8 cm³/mol. The first-order valence-electron chi connectivity index (χ1n) is 6.54. The Bertz CT molecular complexity index is 575. The van der Waals surface area contributed by atoms with Crippen LogP contribution in [0, 0.1) is 0 Å². The summed E-state index contributed by atoms with van der Waals surface area (Å²) in [5.74, 6) is 0.988. The molecular formula is C13H18N6O. The number of amides is 1. The van der Waals surface area contributed by atoms with Gasteiger partial charge >= 0.3 is 0 Å². The van der Waals surface area contributed by atoms with Gasteiger partial charge in [-0.05, 0) is 32.9 Å². The summed E-state index contributed by atoms with van der Waals surface area (Å²) in [5.41, 5.74) is 0.267. The zero-order chi connectivity index (χ0) is 14.5. The van der Waals surface area contributed by atoms with Crippen LogP contribution >= 0.6 is 0 Å². The Balaban J connectivity index is 2.09. The lowest BCUT2D eigenvalue weighted by Gasteiger charge is -2.11. The number of hydrogen-bond donors (Lipinski definition) is 2. The highest BCUT2D eigenvalue weighted by molar-refractivity contribution is 6.02. The molecule has 7 heteroatoms. The van der Waals surface area contributed by atoms with Crippen molar-refractivity contribution < 1.29 is 4.79 Å². The van der Waals surface area contributed by atoms with Gasteiger partial charge in [-0.1, -0.05) is 0 Å². The SMILES string of the molecule is CCNc1ccc(C(=O)Nc2ccnn2C(C)C)nn1. The minimum Gasteiger partial charge on any atom is -0.369 e. The van der Waals surface area contributed by atoms with Crippen LogP contribution in [0.4, 0.5) is 11.6 Å². The molecule has 20 heavy (non-hydrogen) atoms. The van der Waals surface area contributed by atoms with E-state index in [2.05, 4.69) is 25.9 Å². The van der Waals surface area contributed by atoms with Crippen LogP contribution in [-0.4, -0.2) is 32.4 Å². The Kier molecular flexibility index (Phi) is 4.29. The third-order valence-electron chi connectivity index (χ3n) is 2.66. The molecule has 0 aromatic carbocycles. The topological polar surface area (TPSA) is 84.7 Å². The molecule has 0 atom stereocenters. The van der Waals surface area contributed by atoms with E-state index >= 15 is 0 Å². The molecule has 0 aliphatic heterocycles. The van der Waals surface area contributed by atoms with Gasteiger partial charge in [0.25, 0.3) is 5.91 Å². The fourth-order valence-electron chi connectivity index (χ4n) is 1.73. The summed E-state index contributed by atoms with van der Waals surface area (Å²) in [7, 11) is 0. The quantitative estimate of drug-likeness (QED) is 0.870. The number of nitrogens with zero attached hydrogens (tertiary/aromatic N) is 4. The van der Waals surface area contributed by atoms with Gasteiger partial charge in [0.1, 0.15) is 11.6 Å². The molecule has 0 spiro atoms. The van der Waals surface area contributed by atoms with Crippen molar-refractivity contribution in [3.05, 3.63) is 30.1 Å². The Labute approximate surface area is 117 Å². The largest absolute Gasteiger partial charge is 0.369 e. The smallest absolute Gasteiger partial charge is 0.277 e. The first-order chi connectivity index (χ1) is 9.61. The lowest BCUT2D eigenvalue weighted by atomic mass is 10.3. The van der Waals surface area contributed by atoms with E-state index in [-0.39, 0.29) is 17.6 Å². The summed E-state index contributed by atoms with van der Waals surface area (Å²) in [4.78, 5) is 12.1. The van der Waals surface area contributed by atoms with Crippen molar-refractivity contribution in [1.82, 2.24) is 20.0 Å². The Morgan fingerprint density at radius 2 is 2.10 bits per heavy atom. The highest BCUT2D eigenvalue weighted by Crippen LogP contribution is 2.14. The van der Waals surface area contributed by atoms with Crippen molar-refractivity contribution in [2.75, 3.05) is 17.2 Å². The fraction of sp³-hybridized carbons (Fsp3) is 0.385. The maximum atomic E-state index is 12.1. The average Bonchev–Trinajstić information content (AvgIpc) is 2.88. The summed E-state index contributed by atoms with van der Waals surface area (Å²) in [5, 5.41) is 17.8. The van der Waals surface area contributed by atoms with E-state index in [0.29, 0.717) is 11.6 Å². The first kappa shape index (κ1) is 14.0. The van der Waals surface area contributed by atoms with Gasteiger partial charge in [-0.15, -0.1) is 10.2 Å². The molecule has 0 aliphatic rings. The number of carbonyl (C=O) groups is 1. The van der Waals surface area contributed by atoms with Crippen LogP contribution in [0.1, 0.15) is 37.3 Å². The number of aromatic nitrogens is 4. The van der Waals surface area contributed by atoms with Gasteiger partial charge in [-0.25, -0.2) is 4.68 Å². The van der Waals surface area contributed by atoms with Crippen LogP contribution in [0.15, 0.2) is 24.4 Å². The third-order valence-corrected chi connectivity index (χ3v) is 2.66. The van der Waals surface area contributed by atoms with E-state index < -0.39 is 0 Å². The van der Waals surface area contributed by atoms with Crippen molar-refractivity contribution >= 4 is 17.5 Å². The highest BCUT2D eigenvalue weighted by atomic mass is 16.2. The molecule has 2 N–H and O–H groups in total. The van der Waals surface area contributed by atoms with E-state index in [9.17, 15) is 4.79 Å². The van der Waals surface area contributed by atoms with E-state index in [1.807, 2.05) is 20.8 Å². The molecule has 2 heterocycles. The van der Waals surface area contributed by atoms with Gasteiger partial charge in [0.05, 0.1) is 6.20 Å². The van der Waals surface area contributed by atoms with Gasteiger partial charge in [0.2, 0.25) is 0 Å². The Morgan fingerprint density at radius 1 is 1.30 bits per heavy atom. The Morgan fingerprint density at radius 3 is 2.70 bits per heavy atom. The highest BCUT2D eigenvalue weighted by Gasteiger charge is 2.12. The van der Waals surface area contributed by atoms with Gasteiger partial charge < -0.3 is 10.6 Å². The molecule has 0 unspecified atom stereocenters. The molecule has 1 amide bonds. The number of hydrogen-bond acceptors (Lipinski definition) is 5. The molecule has 0 bridgehead atoms. The number of anilines is 2. The molecule has 0 saturated carbocycles. The zero-order valence-corrected chi connectivity index (χ0v) is 11.8. The van der Waals surface area contributed by atoms with Crippen molar-refractivity contribution in [2.45, 2.75) is 26.8 Å². The van der Waals surface area contributed by atoms with Crippen LogP contribution in [0.25, 0.3) is 0 Å². The summed E-state index contributed by atoms with van der Waals surface area (Å²) < 4.78 is 1.73. The molecule has 2 aromatic heterocycles. The molecule has 106 valence electrons. The second kappa shape index (κ2) is 6.14. The van der Waals surface area contributed by atoms with Crippen molar-refractivity contribution in [3.63, 3.8) is 0 Å². The van der Waals surface area contributed by atoms with Gasteiger partial charge in [-0.2, -0.15) is 5.10 Å². The predicted octanol–water partition coefficient (Wildman–Crippen LogP) is 1.94. The molecule has 0 fully saturated rings. The van der Waals surface area contributed by atoms with Crippen molar-refractivity contribution in [2.24, 2.45) is 0 Å². The van der Waals surface area contributed by atoms with Gasteiger partial charge in [-0.3, -0.25) is 4.79 Å². The van der Waals surface area contributed by atoms with Gasteiger partial charge in [0, 0.05) is 18.7 Å². The maximum absolute atomic E-state index is 12.1. The molecule has 2 rings (SSSR count). The molecule has 0 radical (unpaired) electrons. The van der Waals surface area contributed by atoms with E-state index in [1.54, 1.807) is 29.1 Å². The van der Waals surface area contributed by atoms with E-state index in [4.69, 9.17) is 0 Å². The average molecular weight is 274 g/mol. The number of carbonyl (C=O) groups excluding carboxylic acids is 1. The Hall–Kier alpha value is -2.44. The van der Waals surface area contributed by atoms with E-state index in [0.717, 1.165) is 6.54 Å². The third kappa shape index (κ3) is 3.11. The van der Waals surface area contributed by atoms with Gasteiger partial charge in [0.15, 0.2) is 5.69 Å². The number of nitrogens with one attached hydrogen (secondary N) is 2. The van der Waals surface area contributed by atoms with E-state index in [1.165, 1.54) is 0 Å². The van der Waals surface area contributed by atoms with Crippen LogP contribution in [0.5, 0.6) is 0 Å². The standard InChI is InChI=1S/C13H18N6O/c1-4-14-11-6-5-10(17-18-11)13(20)16-12-7-8-15-19(12)9(2)3/h5-9H,4H2,1-3H3,(H,14,18)(H,16,20). The second-order valence-electron chi connectivity index (χ2n) is 4.54. The molecule has 0 saturated heterocycles. The maximum Gasteiger partial charge on any atom is 0.277 e. The second-order valence-corrected chi connectivity index (χ2v) is 4.54. The molecule has 2 aromatic rings. The summed E-state index contributed by atoms with van der Waals surface area (Å²) in [6.07, 6.45) is 1.65. The minimum absolute atomic E-state index is 0.169. The van der Waals surface area contributed by atoms with Crippen LogP contribution in [0.2, 0.25) is 0 Å². The lowest BCUT2D eigenvalue weighted by molar-refractivity contribution is 0.102. The number of rotatable bonds is 5. The minimum atomic E-state index is -0.303. The monoisotopic (exact) mass is 274 g/mol. The summed E-state index contributed by atoms with van der Waals surface area (Å²) in [6, 6.07) is 5.28. The molecular weight excluding hydrogens is 256 g/mol. The summed E-state index contributed by atoms with van der Waals surface area (Å²) >= 11 is 0. The molecule has 7 nitrogen and oxygen atoms in total. The lowest BCUT2D eigenvalue weighted by Crippen LogP contribution is -2.18.